The first-order chi connectivity index (χ1) is 15.7. The lowest BCUT2D eigenvalue weighted by Crippen LogP contribution is -2.08. The molecular weight excluding hydrogens is 392 g/mol. The Labute approximate surface area is 202 Å². The third kappa shape index (κ3) is 25.7. The molecule has 0 bridgehead atoms. The molecule has 0 aromatic rings. The van der Waals surface area contributed by atoms with E-state index in [0.717, 1.165) is 12.8 Å². The van der Waals surface area contributed by atoms with Crippen molar-refractivity contribution in [3.8, 4) is 0 Å². The molecule has 0 aromatic heterocycles. The van der Waals surface area contributed by atoms with Gasteiger partial charge in [-0.2, -0.15) is 0 Å². The normalized spacial score (nSPS) is 12.3. The zero-order chi connectivity index (χ0) is 23.5. The SMILES string of the molecule is CCCCCCCCCCCCCCC(CCCCCCCCCCCCC)CC(=O)O. The van der Waals surface area contributed by atoms with Crippen LogP contribution in [0.4, 0.5) is 0 Å². The molecule has 0 saturated heterocycles. The van der Waals surface area contributed by atoms with E-state index in [4.69, 9.17) is 0 Å². The van der Waals surface area contributed by atoms with Crippen LogP contribution < -0.4 is 0 Å². The van der Waals surface area contributed by atoms with Gasteiger partial charge < -0.3 is 5.11 Å². The minimum atomic E-state index is -0.600. The largest absolute Gasteiger partial charge is 0.481 e. The summed E-state index contributed by atoms with van der Waals surface area (Å²) in [6, 6.07) is 0. The molecule has 192 valence electrons. The molecule has 0 aliphatic rings. The zero-order valence-corrected chi connectivity index (χ0v) is 22.3. The summed E-state index contributed by atoms with van der Waals surface area (Å²) in [6.45, 7) is 4.56. The average molecular weight is 453 g/mol. The van der Waals surface area contributed by atoms with Crippen molar-refractivity contribution in [2.75, 3.05) is 0 Å². The number of carbonyl (C=O) groups is 1. The predicted molar refractivity (Wildman–Crippen MR) is 143 cm³/mol. The molecule has 1 unspecified atom stereocenters. The fourth-order valence-electron chi connectivity index (χ4n) is 4.97. The van der Waals surface area contributed by atoms with Crippen molar-refractivity contribution in [2.45, 2.75) is 181 Å². The van der Waals surface area contributed by atoms with E-state index in [1.165, 1.54) is 148 Å². The van der Waals surface area contributed by atoms with Crippen LogP contribution in [-0.4, -0.2) is 11.1 Å². The summed E-state index contributed by atoms with van der Waals surface area (Å²) in [7, 11) is 0. The zero-order valence-electron chi connectivity index (χ0n) is 22.3. The van der Waals surface area contributed by atoms with Crippen LogP contribution in [0.1, 0.15) is 181 Å². The Morgan fingerprint density at radius 3 is 0.969 bits per heavy atom. The van der Waals surface area contributed by atoms with Gasteiger partial charge in [-0.1, -0.05) is 162 Å². The molecular formula is C30H60O2. The first-order valence-corrected chi connectivity index (χ1v) is 14.9. The fourth-order valence-corrected chi connectivity index (χ4v) is 4.97. The molecule has 0 saturated carbocycles. The summed E-state index contributed by atoms with van der Waals surface area (Å²) in [6.07, 6.45) is 34.1. The van der Waals surface area contributed by atoms with Gasteiger partial charge in [0.25, 0.3) is 0 Å². The van der Waals surface area contributed by atoms with E-state index in [0.29, 0.717) is 12.3 Å². The molecule has 0 aliphatic heterocycles. The first-order valence-electron chi connectivity index (χ1n) is 14.9. The van der Waals surface area contributed by atoms with E-state index in [1.54, 1.807) is 0 Å². The number of carboxylic acids is 1. The standard InChI is InChI=1S/C30H60O2/c1-3-5-7-9-11-13-15-17-19-21-23-25-27-29(28-30(31)32)26-24-22-20-18-16-14-12-10-8-6-4-2/h29H,3-28H2,1-2H3,(H,31,32). The van der Waals surface area contributed by atoms with E-state index in [2.05, 4.69) is 13.8 Å². The van der Waals surface area contributed by atoms with Crippen molar-refractivity contribution in [1.82, 2.24) is 0 Å². The van der Waals surface area contributed by atoms with E-state index in [9.17, 15) is 9.90 Å². The molecule has 0 fully saturated rings. The molecule has 0 aromatic carbocycles. The molecule has 2 heteroatoms. The lowest BCUT2D eigenvalue weighted by atomic mass is 9.91. The molecule has 0 amide bonds. The average Bonchev–Trinajstić information content (AvgIpc) is 2.77. The van der Waals surface area contributed by atoms with Crippen molar-refractivity contribution >= 4 is 5.97 Å². The number of unbranched alkanes of at least 4 members (excludes halogenated alkanes) is 21. The number of aliphatic carboxylic acids is 1. The Hall–Kier alpha value is -0.530. The van der Waals surface area contributed by atoms with Crippen LogP contribution in [0.2, 0.25) is 0 Å². The highest BCUT2D eigenvalue weighted by Gasteiger charge is 2.12. The predicted octanol–water partition coefficient (Wildman–Crippen LogP) is 10.9. The molecule has 0 rings (SSSR count). The van der Waals surface area contributed by atoms with Crippen LogP contribution in [0.3, 0.4) is 0 Å². The van der Waals surface area contributed by atoms with Crippen molar-refractivity contribution in [2.24, 2.45) is 5.92 Å². The number of hydrogen-bond donors (Lipinski definition) is 1. The lowest BCUT2D eigenvalue weighted by molar-refractivity contribution is -0.138. The fraction of sp³-hybridized carbons (Fsp3) is 0.967. The van der Waals surface area contributed by atoms with E-state index >= 15 is 0 Å². The van der Waals surface area contributed by atoms with Gasteiger partial charge in [0.2, 0.25) is 0 Å². The van der Waals surface area contributed by atoms with Gasteiger partial charge in [0, 0.05) is 6.42 Å². The topological polar surface area (TPSA) is 37.3 Å². The molecule has 0 heterocycles. The summed E-state index contributed by atoms with van der Waals surface area (Å²) in [4.78, 5) is 11.2. The van der Waals surface area contributed by atoms with Gasteiger partial charge in [-0.25, -0.2) is 0 Å². The second-order valence-electron chi connectivity index (χ2n) is 10.5. The number of carboxylic acid groups (broad SMARTS) is 1. The summed E-state index contributed by atoms with van der Waals surface area (Å²) in [5, 5.41) is 9.25. The molecule has 0 radical (unpaired) electrons. The van der Waals surface area contributed by atoms with Crippen LogP contribution in [0.5, 0.6) is 0 Å². The highest BCUT2D eigenvalue weighted by atomic mass is 16.4. The Kier molecular flexibility index (Phi) is 26.3. The summed E-state index contributed by atoms with van der Waals surface area (Å²) in [5.74, 6) is -0.189. The van der Waals surface area contributed by atoms with Crippen molar-refractivity contribution in [1.29, 1.82) is 0 Å². The Balaban J connectivity index is 3.53. The van der Waals surface area contributed by atoms with E-state index in [-0.39, 0.29) is 0 Å². The van der Waals surface area contributed by atoms with Crippen LogP contribution >= 0.6 is 0 Å². The van der Waals surface area contributed by atoms with Gasteiger partial charge in [0.15, 0.2) is 0 Å². The molecule has 2 nitrogen and oxygen atoms in total. The van der Waals surface area contributed by atoms with Crippen LogP contribution in [0, 0.1) is 5.92 Å². The van der Waals surface area contributed by atoms with Crippen molar-refractivity contribution in [3.05, 3.63) is 0 Å². The van der Waals surface area contributed by atoms with E-state index in [1.807, 2.05) is 0 Å². The lowest BCUT2D eigenvalue weighted by Gasteiger charge is -2.14. The van der Waals surface area contributed by atoms with E-state index < -0.39 is 5.97 Å². The third-order valence-corrected chi connectivity index (χ3v) is 7.15. The Morgan fingerprint density at radius 1 is 0.469 bits per heavy atom. The Morgan fingerprint density at radius 2 is 0.719 bits per heavy atom. The van der Waals surface area contributed by atoms with Gasteiger partial charge in [0.05, 0.1) is 0 Å². The highest BCUT2D eigenvalue weighted by molar-refractivity contribution is 5.66. The molecule has 1 N–H and O–H groups in total. The number of hydrogen-bond acceptors (Lipinski definition) is 1. The van der Waals surface area contributed by atoms with Crippen molar-refractivity contribution in [3.63, 3.8) is 0 Å². The van der Waals surface area contributed by atoms with Crippen LogP contribution in [-0.2, 0) is 4.79 Å². The Bertz CT molecular complexity index is 366. The molecule has 32 heavy (non-hydrogen) atoms. The first kappa shape index (κ1) is 31.5. The highest BCUT2D eigenvalue weighted by Crippen LogP contribution is 2.22. The van der Waals surface area contributed by atoms with Crippen LogP contribution in [0.25, 0.3) is 0 Å². The van der Waals surface area contributed by atoms with Gasteiger partial charge in [-0.05, 0) is 18.8 Å². The third-order valence-electron chi connectivity index (χ3n) is 7.15. The molecule has 1 atom stereocenters. The van der Waals surface area contributed by atoms with Crippen molar-refractivity contribution < 1.29 is 9.90 Å². The summed E-state index contributed by atoms with van der Waals surface area (Å²) >= 11 is 0. The van der Waals surface area contributed by atoms with Crippen LogP contribution in [0.15, 0.2) is 0 Å². The molecule has 0 aliphatic carbocycles. The number of rotatable bonds is 27. The quantitative estimate of drug-likeness (QED) is 0.126. The molecule has 0 spiro atoms. The van der Waals surface area contributed by atoms with Gasteiger partial charge in [0.1, 0.15) is 0 Å². The second kappa shape index (κ2) is 26.7. The summed E-state index contributed by atoms with van der Waals surface area (Å²) < 4.78 is 0. The minimum absolute atomic E-state index is 0.385. The monoisotopic (exact) mass is 452 g/mol. The maximum atomic E-state index is 11.2. The second-order valence-corrected chi connectivity index (χ2v) is 10.5. The van der Waals surface area contributed by atoms with Gasteiger partial charge >= 0.3 is 5.97 Å². The summed E-state index contributed by atoms with van der Waals surface area (Å²) in [5.41, 5.74) is 0. The van der Waals surface area contributed by atoms with Gasteiger partial charge in [-0.3, -0.25) is 4.79 Å². The minimum Gasteiger partial charge on any atom is -0.481 e. The smallest absolute Gasteiger partial charge is 0.303 e. The van der Waals surface area contributed by atoms with Gasteiger partial charge in [-0.15, -0.1) is 0 Å². The maximum Gasteiger partial charge on any atom is 0.303 e. The maximum absolute atomic E-state index is 11.2.